The number of hydrogen-bond acceptors (Lipinski definition) is 8. The standard InChI is InChI=1S/C31H36O8S/c1-5-6-17-36-23-10-13-25(29(18-23)39-40(34,35)24-11-7-21(2)8-12-24)27(33)20-37-30-22(19-32)9-14-28-26(30)15-16-31(3,4)38-28/h7-14,18,32H,5-6,15-17,19-20H2,1-4H3. The van der Waals surface area contributed by atoms with Gasteiger partial charge in [0.1, 0.15) is 27.7 Å². The SMILES string of the molecule is CCCCOc1ccc(C(=O)COc2c(CO)ccc3c2CCC(C)(C)O3)c(OS(=O)(=O)c2ccc(C)cc2)c1. The lowest BCUT2D eigenvalue weighted by molar-refractivity contribution is 0.0813. The molecule has 3 aromatic rings. The number of carbonyl (C=O) groups is 1. The topological polar surface area (TPSA) is 108 Å². The first-order chi connectivity index (χ1) is 19.0. The Balaban J connectivity index is 1.62. The third-order valence-electron chi connectivity index (χ3n) is 6.71. The zero-order chi connectivity index (χ0) is 28.9. The number of benzene rings is 3. The molecule has 40 heavy (non-hydrogen) atoms. The van der Waals surface area contributed by atoms with E-state index in [1.54, 1.807) is 30.3 Å². The first-order valence-corrected chi connectivity index (χ1v) is 14.8. The predicted octanol–water partition coefficient (Wildman–Crippen LogP) is 5.80. The molecule has 8 nitrogen and oxygen atoms in total. The molecule has 0 saturated heterocycles. The van der Waals surface area contributed by atoms with Crippen LogP contribution in [0.25, 0.3) is 0 Å². The summed E-state index contributed by atoms with van der Waals surface area (Å²) in [4.78, 5) is 13.4. The van der Waals surface area contributed by atoms with Gasteiger partial charge in [-0.1, -0.05) is 31.0 Å². The second-order valence-corrected chi connectivity index (χ2v) is 12.0. The monoisotopic (exact) mass is 568 g/mol. The van der Waals surface area contributed by atoms with Gasteiger partial charge in [-0.05, 0) is 76.4 Å². The summed E-state index contributed by atoms with van der Waals surface area (Å²) in [6.45, 7) is 7.66. The maximum Gasteiger partial charge on any atom is 0.339 e. The summed E-state index contributed by atoms with van der Waals surface area (Å²) in [7, 11) is -4.23. The van der Waals surface area contributed by atoms with Crippen molar-refractivity contribution in [3.05, 3.63) is 76.9 Å². The molecule has 0 saturated carbocycles. The summed E-state index contributed by atoms with van der Waals surface area (Å²) in [5.41, 5.74) is 1.92. The first kappa shape index (κ1) is 29.4. The zero-order valence-electron chi connectivity index (χ0n) is 23.4. The Kier molecular flexibility index (Phi) is 9.05. The van der Waals surface area contributed by atoms with Crippen molar-refractivity contribution in [1.29, 1.82) is 0 Å². The molecule has 1 aliphatic rings. The quantitative estimate of drug-likeness (QED) is 0.166. The molecule has 1 aliphatic heterocycles. The van der Waals surface area contributed by atoms with Crippen LogP contribution in [-0.2, 0) is 23.1 Å². The van der Waals surface area contributed by atoms with Gasteiger partial charge in [0.05, 0.1) is 18.8 Å². The van der Waals surface area contributed by atoms with Gasteiger partial charge in [0.25, 0.3) is 0 Å². The van der Waals surface area contributed by atoms with E-state index in [1.165, 1.54) is 24.3 Å². The molecule has 0 aromatic heterocycles. The molecule has 0 bridgehead atoms. The van der Waals surface area contributed by atoms with Gasteiger partial charge < -0.3 is 23.5 Å². The van der Waals surface area contributed by atoms with Crippen molar-refractivity contribution in [2.45, 2.75) is 70.5 Å². The Bertz CT molecular complexity index is 1460. The third kappa shape index (κ3) is 6.95. The van der Waals surface area contributed by atoms with Crippen molar-refractivity contribution in [2.75, 3.05) is 13.2 Å². The van der Waals surface area contributed by atoms with Gasteiger partial charge in [0.2, 0.25) is 5.78 Å². The minimum atomic E-state index is -4.23. The Morgan fingerprint density at radius 3 is 2.50 bits per heavy atom. The van der Waals surface area contributed by atoms with Crippen LogP contribution < -0.4 is 18.4 Å². The first-order valence-electron chi connectivity index (χ1n) is 13.4. The van der Waals surface area contributed by atoms with Crippen LogP contribution in [0.4, 0.5) is 0 Å². The Hall–Kier alpha value is -3.56. The molecule has 4 rings (SSSR count). The average Bonchev–Trinajstić information content (AvgIpc) is 2.91. The number of fused-ring (bicyclic) bond motifs is 1. The van der Waals surface area contributed by atoms with Gasteiger partial charge in [-0.3, -0.25) is 4.79 Å². The number of ether oxygens (including phenoxy) is 3. The summed E-state index contributed by atoms with van der Waals surface area (Å²) in [5.74, 6) is 0.800. The maximum absolute atomic E-state index is 13.4. The van der Waals surface area contributed by atoms with Crippen LogP contribution in [0.3, 0.4) is 0 Å². The second-order valence-electron chi connectivity index (χ2n) is 10.5. The van der Waals surface area contributed by atoms with Crippen LogP contribution in [0.2, 0.25) is 0 Å². The van der Waals surface area contributed by atoms with E-state index < -0.39 is 22.5 Å². The highest BCUT2D eigenvalue weighted by Gasteiger charge is 2.30. The Labute approximate surface area is 236 Å². The molecule has 0 atom stereocenters. The molecule has 0 spiro atoms. The van der Waals surface area contributed by atoms with Gasteiger partial charge >= 0.3 is 10.1 Å². The van der Waals surface area contributed by atoms with Gasteiger partial charge in [0, 0.05) is 17.2 Å². The van der Waals surface area contributed by atoms with Crippen LogP contribution >= 0.6 is 0 Å². The van der Waals surface area contributed by atoms with E-state index in [0.717, 1.165) is 30.4 Å². The zero-order valence-corrected chi connectivity index (χ0v) is 24.2. The fourth-order valence-corrected chi connectivity index (χ4v) is 5.32. The predicted molar refractivity (Wildman–Crippen MR) is 151 cm³/mol. The average molecular weight is 569 g/mol. The van der Waals surface area contributed by atoms with Crippen LogP contribution in [0.1, 0.15) is 67.1 Å². The van der Waals surface area contributed by atoms with Crippen molar-refractivity contribution in [3.8, 4) is 23.0 Å². The summed E-state index contributed by atoms with van der Waals surface area (Å²) in [6, 6.07) is 14.3. The highest BCUT2D eigenvalue weighted by atomic mass is 32.2. The van der Waals surface area contributed by atoms with E-state index in [4.69, 9.17) is 18.4 Å². The molecule has 0 fully saturated rings. The minimum absolute atomic E-state index is 0.0310. The Morgan fingerprint density at radius 1 is 1.05 bits per heavy atom. The van der Waals surface area contributed by atoms with Gasteiger partial charge in [0.15, 0.2) is 12.4 Å². The van der Waals surface area contributed by atoms with Crippen molar-refractivity contribution >= 4 is 15.9 Å². The molecule has 0 radical (unpaired) electrons. The van der Waals surface area contributed by atoms with Gasteiger partial charge in [-0.25, -0.2) is 0 Å². The number of carbonyl (C=O) groups excluding carboxylic acids is 1. The molecular formula is C31H36O8S. The summed E-state index contributed by atoms with van der Waals surface area (Å²) < 4.78 is 49.5. The molecule has 1 N–H and O–H groups in total. The lowest BCUT2D eigenvalue weighted by atomic mass is 9.92. The number of ketones is 1. The van der Waals surface area contributed by atoms with Crippen molar-refractivity contribution in [2.24, 2.45) is 0 Å². The molecule has 0 unspecified atom stereocenters. The fourth-order valence-electron chi connectivity index (χ4n) is 4.38. The number of aliphatic hydroxyl groups excluding tert-OH is 1. The highest BCUT2D eigenvalue weighted by Crippen LogP contribution is 2.40. The van der Waals surface area contributed by atoms with Gasteiger partial charge in [-0.2, -0.15) is 8.42 Å². The van der Waals surface area contributed by atoms with Crippen LogP contribution in [-0.4, -0.2) is 38.1 Å². The minimum Gasteiger partial charge on any atom is -0.493 e. The van der Waals surface area contributed by atoms with Crippen molar-refractivity contribution < 1.29 is 36.7 Å². The lowest BCUT2D eigenvalue weighted by Crippen LogP contribution is -2.33. The highest BCUT2D eigenvalue weighted by molar-refractivity contribution is 7.87. The third-order valence-corrected chi connectivity index (χ3v) is 7.96. The summed E-state index contributed by atoms with van der Waals surface area (Å²) >= 11 is 0. The summed E-state index contributed by atoms with van der Waals surface area (Å²) in [6.07, 6.45) is 3.16. The normalized spacial score (nSPS) is 14.1. The number of hydrogen-bond donors (Lipinski definition) is 1. The van der Waals surface area contributed by atoms with E-state index in [2.05, 4.69) is 0 Å². The Morgan fingerprint density at radius 2 is 1.80 bits per heavy atom. The second kappa shape index (κ2) is 12.3. The van der Waals surface area contributed by atoms with Crippen LogP contribution in [0.15, 0.2) is 59.5 Å². The maximum atomic E-state index is 13.4. The number of unbranched alkanes of at least 4 members (excludes halogenated alkanes) is 1. The molecule has 214 valence electrons. The molecule has 0 aliphatic carbocycles. The van der Waals surface area contributed by atoms with Crippen molar-refractivity contribution in [1.82, 2.24) is 0 Å². The number of Topliss-reactive ketones (excluding diaryl/α,β-unsaturated/α-hetero) is 1. The van der Waals surface area contributed by atoms with E-state index in [-0.39, 0.29) is 28.4 Å². The summed E-state index contributed by atoms with van der Waals surface area (Å²) in [5, 5.41) is 9.91. The number of aliphatic hydroxyl groups is 1. The van der Waals surface area contributed by atoms with Crippen LogP contribution in [0.5, 0.6) is 23.0 Å². The van der Waals surface area contributed by atoms with Crippen molar-refractivity contribution in [3.63, 3.8) is 0 Å². The largest absolute Gasteiger partial charge is 0.493 e. The van der Waals surface area contributed by atoms with Gasteiger partial charge in [-0.15, -0.1) is 0 Å². The molecule has 0 amide bonds. The number of rotatable bonds is 12. The van der Waals surface area contributed by atoms with E-state index >= 15 is 0 Å². The lowest BCUT2D eigenvalue weighted by Gasteiger charge is -2.33. The molecular weight excluding hydrogens is 532 g/mol. The smallest absolute Gasteiger partial charge is 0.339 e. The molecule has 1 heterocycles. The van der Waals surface area contributed by atoms with E-state index in [0.29, 0.717) is 35.8 Å². The molecule has 3 aromatic carbocycles. The molecule has 9 heteroatoms. The van der Waals surface area contributed by atoms with Crippen LogP contribution in [0, 0.1) is 6.92 Å². The number of aryl methyl sites for hydroxylation is 1. The van der Waals surface area contributed by atoms with E-state index in [1.807, 2.05) is 27.7 Å². The fraction of sp³-hybridized carbons (Fsp3) is 0.387. The van der Waals surface area contributed by atoms with E-state index in [9.17, 15) is 18.3 Å².